The molecule has 108 valence electrons. The summed E-state index contributed by atoms with van der Waals surface area (Å²) in [5, 5.41) is 11.5. The molecule has 1 aromatic rings. The minimum Gasteiger partial charge on any atom is -0.481 e. The molecule has 3 unspecified atom stereocenters. The number of carbonyl (C=O) groups is 1. The van der Waals surface area contributed by atoms with E-state index in [1.807, 2.05) is 11.8 Å². The van der Waals surface area contributed by atoms with E-state index in [2.05, 4.69) is 16.9 Å². The van der Waals surface area contributed by atoms with Crippen molar-refractivity contribution >= 4 is 29.5 Å². The van der Waals surface area contributed by atoms with Gasteiger partial charge in [0.25, 0.3) is 0 Å². The molecule has 3 atom stereocenters. The van der Waals surface area contributed by atoms with Crippen LogP contribution in [0.25, 0.3) is 0 Å². The second-order valence-electron chi connectivity index (χ2n) is 5.57. The van der Waals surface area contributed by atoms with E-state index in [0.717, 1.165) is 16.0 Å². The standard InChI is InChI=1S/C14H18N2O2S2/c1-8-2-3-9-10(6-8)20-14-12(9)13(15-7-16-14)19-5-4-11(17)18/h7-10H,2-6H2,1H3,(H,17,18). The summed E-state index contributed by atoms with van der Waals surface area (Å²) in [4.78, 5) is 19.5. The lowest BCUT2D eigenvalue weighted by molar-refractivity contribution is -0.136. The average Bonchev–Trinajstić information content (AvgIpc) is 2.76. The third-order valence-corrected chi connectivity index (χ3v) is 6.43. The van der Waals surface area contributed by atoms with Crippen LogP contribution in [0.15, 0.2) is 16.4 Å². The van der Waals surface area contributed by atoms with Gasteiger partial charge in [0.1, 0.15) is 16.4 Å². The Kier molecular flexibility index (Phi) is 4.21. The van der Waals surface area contributed by atoms with E-state index in [4.69, 9.17) is 5.11 Å². The molecule has 1 aromatic heterocycles. The maximum absolute atomic E-state index is 10.6. The number of carboxylic acids is 1. The number of nitrogens with zero attached hydrogens (tertiary/aromatic N) is 2. The minimum absolute atomic E-state index is 0.182. The van der Waals surface area contributed by atoms with Crippen molar-refractivity contribution in [3.8, 4) is 0 Å². The molecular formula is C14H18N2O2S2. The van der Waals surface area contributed by atoms with Crippen LogP contribution in [0.5, 0.6) is 0 Å². The molecule has 1 aliphatic heterocycles. The second-order valence-corrected chi connectivity index (χ2v) is 7.88. The van der Waals surface area contributed by atoms with E-state index in [-0.39, 0.29) is 6.42 Å². The minimum atomic E-state index is -0.748. The molecule has 2 heterocycles. The number of thioether (sulfide) groups is 2. The van der Waals surface area contributed by atoms with E-state index in [9.17, 15) is 4.79 Å². The lowest BCUT2D eigenvalue weighted by Crippen LogP contribution is -2.21. The summed E-state index contributed by atoms with van der Waals surface area (Å²) in [6.07, 6.45) is 5.54. The molecule has 1 N–H and O–H groups in total. The van der Waals surface area contributed by atoms with Gasteiger partial charge < -0.3 is 5.11 Å². The smallest absolute Gasteiger partial charge is 0.304 e. The maximum atomic E-state index is 10.6. The molecule has 4 nitrogen and oxygen atoms in total. The summed E-state index contributed by atoms with van der Waals surface area (Å²) >= 11 is 3.46. The topological polar surface area (TPSA) is 63.1 Å². The van der Waals surface area contributed by atoms with Gasteiger partial charge in [-0.2, -0.15) is 0 Å². The summed E-state index contributed by atoms with van der Waals surface area (Å²) in [5.41, 5.74) is 1.30. The molecule has 1 aliphatic carbocycles. The average molecular weight is 310 g/mol. The molecule has 0 spiro atoms. The van der Waals surface area contributed by atoms with Gasteiger partial charge in [0.2, 0.25) is 0 Å². The summed E-state index contributed by atoms with van der Waals surface area (Å²) in [6.45, 7) is 2.33. The molecule has 6 heteroatoms. The van der Waals surface area contributed by atoms with E-state index >= 15 is 0 Å². The number of aliphatic carboxylic acids is 1. The fraction of sp³-hybridized carbons (Fsp3) is 0.643. The van der Waals surface area contributed by atoms with Crippen LogP contribution in [0.3, 0.4) is 0 Å². The van der Waals surface area contributed by atoms with Crippen molar-refractivity contribution in [1.82, 2.24) is 9.97 Å². The summed E-state index contributed by atoms with van der Waals surface area (Å²) < 4.78 is 0. The first-order valence-corrected chi connectivity index (χ1v) is 8.88. The van der Waals surface area contributed by atoms with Gasteiger partial charge in [-0.05, 0) is 18.8 Å². The maximum Gasteiger partial charge on any atom is 0.304 e. The predicted molar refractivity (Wildman–Crippen MR) is 80.4 cm³/mol. The number of hydrogen-bond donors (Lipinski definition) is 1. The quantitative estimate of drug-likeness (QED) is 0.679. The molecule has 0 radical (unpaired) electrons. The van der Waals surface area contributed by atoms with Gasteiger partial charge in [0.15, 0.2) is 0 Å². The highest BCUT2D eigenvalue weighted by Gasteiger charge is 2.40. The monoisotopic (exact) mass is 310 g/mol. The third kappa shape index (κ3) is 2.81. The number of aromatic nitrogens is 2. The molecular weight excluding hydrogens is 292 g/mol. The summed E-state index contributed by atoms with van der Waals surface area (Å²) in [6, 6.07) is 0. The van der Waals surface area contributed by atoms with Crippen molar-refractivity contribution in [3.63, 3.8) is 0 Å². The fourth-order valence-electron chi connectivity index (χ4n) is 3.06. The van der Waals surface area contributed by atoms with Crippen LogP contribution in [-0.4, -0.2) is 32.0 Å². The highest BCUT2D eigenvalue weighted by Crippen LogP contribution is 2.54. The first-order chi connectivity index (χ1) is 9.65. The molecule has 0 aromatic carbocycles. The molecule has 2 aliphatic rings. The highest BCUT2D eigenvalue weighted by molar-refractivity contribution is 8.00. The normalized spacial score (nSPS) is 27.9. The first kappa shape index (κ1) is 14.2. The van der Waals surface area contributed by atoms with Gasteiger partial charge in [0, 0.05) is 22.5 Å². The zero-order valence-corrected chi connectivity index (χ0v) is 13.0. The largest absolute Gasteiger partial charge is 0.481 e. The second kappa shape index (κ2) is 5.93. The Morgan fingerprint density at radius 3 is 3.15 bits per heavy atom. The Morgan fingerprint density at radius 2 is 2.35 bits per heavy atom. The van der Waals surface area contributed by atoms with E-state index < -0.39 is 5.97 Å². The van der Waals surface area contributed by atoms with Crippen LogP contribution in [0, 0.1) is 5.92 Å². The van der Waals surface area contributed by atoms with Crippen molar-refractivity contribution in [1.29, 1.82) is 0 Å². The van der Waals surface area contributed by atoms with Crippen molar-refractivity contribution in [2.24, 2.45) is 5.92 Å². The Hall–Kier alpha value is -0.750. The van der Waals surface area contributed by atoms with Crippen LogP contribution in [0.2, 0.25) is 0 Å². The Labute approximate surface area is 127 Å². The van der Waals surface area contributed by atoms with E-state index in [0.29, 0.717) is 16.9 Å². The van der Waals surface area contributed by atoms with Crippen molar-refractivity contribution in [2.45, 2.75) is 53.8 Å². The van der Waals surface area contributed by atoms with Gasteiger partial charge in [-0.1, -0.05) is 13.3 Å². The molecule has 1 fully saturated rings. The van der Waals surface area contributed by atoms with Gasteiger partial charge in [-0.25, -0.2) is 9.97 Å². The van der Waals surface area contributed by atoms with Crippen LogP contribution in [0.1, 0.15) is 44.1 Å². The summed E-state index contributed by atoms with van der Waals surface area (Å²) in [7, 11) is 0. The number of hydrogen-bond acceptors (Lipinski definition) is 5. The summed E-state index contributed by atoms with van der Waals surface area (Å²) in [5.74, 6) is 1.20. The lowest BCUT2D eigenvalue weighted by atomic mass is 9.80. The molecule has 0 saturated heterocycles. The number of fused-ring (bicyclic) bond motifs is 3. The third-order valence-electron chi connectivity index (χ3n) is 4.05. The van der Waals surface area contributed by atoms with Crippen LogP contribution >= 0.6 is 23.5 Å². The molecule has 0 amide bonds. The molecule has 3 rings (SSSR count). The van der Waals surface area contributed by atoms with Crippen LogP contribution in [0.4, 0.5) is 0 Å². The predicted octanol–water partition coefficient (Wildman–Crippen LogP) is 3.42. The first-order valence-electron chi connectivity index (χ1n) is 7.01. The van der Waals surface area contributed by atoms with E-state index in [1.165, 1.54) is 24.8 Å². The fourth-order valence-corrected chi connectivity index (χ4v) is 5.75. The molecule has 1 saturated carbocycles. The zero-order chi connectivity index (χ0) is 14.1. The van der Waals surface area contributed by atoms with Crippen molar-refractivity contribution < 1.29 is 9.90 Å². The Balaban J connectivity index is 1.78. The van der Waals surface area contributed by atoms with Gasteiger partial charge in [-0.3, -0.25) is 4.79 Å². The molecule has 0 bridgehead atoms. The zero-order valence-electron chi connectivity index (χ0n) is 11.4. The Morgan fingerprint density at radius 1 is 1.50 bits per heavy atom. The highest BCUT2D eigenvalue weighted by atomic mass is 32.2. The SMILES string of the molecule is CC1CCC2c3c(SCCC(=O)O)ncnc3SC2C1. The van der Waals surface area contributed by atoms with Gasteiger partial charge >= 0.3 is 5.97 Å². The van der Waals surface area contributed by atoms with Gasteiger partial charge in [-0.15, -0.1) is 23.5 Å². The molecule has 20 heavy (non-hydrogen) atoms. The number of rotatable bonds is 4. The Bertz CT molecular complexity index is 524. The van der Waals surface area contributed by atoms with Crippen molar-refractivity contribution in [2.75, 3.05) is 5.75 Å². The van der Waals surface area contributed by atoms with Crippen LogP contribution < -0.4 is 0 Å². The van der Waals surface area contributed by atoms with Gasteiger partial charge in [0.05, 0.1) is 6.42 Å². The lowest BCUT2D eigenvalue weighted by Gasteiger charge is -2.29. The van der Waals surface area contributed by atoms with E-state index in [1.54, 1.807) is 18.1 Å². The van der Waals surface area contributed by atoms with Crippen LogP contribution in [-0.2, 0) is 4.79 Å². The van der Waals surface area contributed by atoms with Crippen molar-refractivity contribution in [3.05, 3.63) is 11.9 Å². The number of carboxylic acid groups (broad SMARTS) is 1.